The van der Waals surface area contributed by atoms with Crippen molar-refractivity contribution in [2.24, 2.45) is 0 Å². The van der Waals surface area contributed by atoms with Crippen molar-refractivity contribution in [1.29, 1.82) is 0 Å². The summed E-state index contributed by atoms with van der Waals surface area (Å²) in [6, 6.07) is 9.53. The number of carbonyl (C=O) groups is 1. The van der Waals surface area contributed by atoms with Gasteiger partial charge in [-0.3, -0.25) is 5.32 Å². The van der Waals surface area contributed by atoms with Crippen molar-refractivity contribution in [2.45, 2.75) is 39.3 Å². The molecule has 2 aromatic rings. The summed E-state index contributed by atoms with van der Waals surface area (Å²) in [5, 5.41) is 8.19. The van der Waals surface area contributed by atoms with Gasteiger partial charge in [-0.1, -0.05) is 23.7 Å². The van der Waals surface area contributed by atoms with E-state index < -0.39 is 11.7 Å². The van der Waals surface area contributed by atoms with Crippen LogP contribution in [0.5, 0.6) is 0 Å². The van der Waals surface area contributed by atoms with Gasteiger partial charge >= 0.3 is 6.09 Å². The third-order valence-electron chi connectivity index (χ3n) is 3.02. The van der Waals surface area contributed by atoms with Crippen molar-refractivity contribution >= 4 is 40.4 Å². The van der Waals surface area contributed by atoms with E-state index >= 15 is 0 Å². The van der Waals surface area contributed by atoms with Crippen LogP contribution in [0.25, 0.3) is 0 Å². The number of rotatable bonds is 4. The summed E-state index contributed by atoms with van der Waals surface area (Å²) < 4.78 is 6.05. The highest BCUT2D eigenvalue weighted by molar-refractivity contribution is 7.14. The van der Waals surface area contributed by atoms with Gasteiger partial charge in [-0.2, -0.15) is 0 Å². The molecule has 1 amide bonds. The molecule has 0 aliphatic carbocycles. The second-order valence-corrected chi connectivity index (χ2v) is 7.77. The number of hydrogen-bond acceptors (Lipinski definition) is 4. The average molecular weight is 353 g/mol. The monoisotopic (exact) mass is 352 g/mol. The zero-order chi connectivity index (χ0) is 17.0. The Morgan fingerprint density at radius 1 is 1.26 bits per heavy atom. The van der Waals surface area contributed by atoms with E-state index in [1.807, 2.05) is 63.4 Å². The summed E-state index contributed by atoms with van der Waals surface area (Å²) in [4.78, 5) is 12.0. The number of carbonyl (C=O) groups excluding carboxylic acids is 1. The molecule has 0 spiro atoms. The van der Waals surface area contributed by atoms with E-state index in [-0.39, 0.29) is 6.04 Å². The summed E-state index contributed by atoms with van der Waals surface area (Å²) in [6.45, 7) is 7.54. The minimum atomic E-state index is -0.535. The van der Waals surface area contributed by atoms with Crippen molar-refractivity contribution in [3.8, 4) is 0 Å². The third kappa shape index (κ3) is 5.44. The minimum absolute atomic E-state index is 0.0698. The van der Waals surface area contributed by atoms with Crippen molar-refractivity contribution in [3.63, 3.8) is 0 Å². The van der Waals surface area contributed by atoms with Crippen LogP contribution in [0.3, 0.4) is 0 Å². The van der Waals surface area contributed by atoms with Crippen molar-refractivity contribution in [1.82, 2.24) is 0 Å². The van der Waals surface area contributed by atoms with Crippen molar-refractivity contribution in [3.05, 3.63) is 45.6 Å². The Hall–Kier alpha value is -1.72. The van der Waals surface area contributed by atoms with E-state index in [0.717, 1.165) is 15.6 Å². The molecule has 0 aliphatic heterocycles. The number of ether oxygens (including phenoxy) is 1. The van der Waals surface area contributed by atoms with Crippen molar-refractivity contribution < 1.29 is 9.53 Å². The Bertz CT molecular complexity index is 679. The lowest BCUT2D eigenvalue weighted by molar-refractivity contribution is 0.0636. The molecular formula is C17H21ClN2O2S. The maximum Gasteiger partial charge on any atom is 0.412 e. The van der Waals surface area contributed by atoms with Crippen LogP contribution < -0.4 is 10.6 Å². The first kappa shape index (κ1) is 17.6. The van der Waals surface area contributed by atoms with Gasteiger partial charge in [0.1, 0.15) is 5.60 Å². The van der Waals surface area contributed by atoms with E-state index in [0.29, 0.717) is 5.69 Å². The quantitative estimate of drug-likeness (QED) is 0.717. The van der Waals surface area contributed by atoms with Gasteiger partial charge in [0.15, 0.2) is 0 Å². The number of anilines is 2. The Morgan fingerprint density at radius 2 is 1.91 bits per heavy atom. The molecular weight excluding hydrogens is 332 g/mol. The van der Waals surface area contributed by atoms with Crippen LogP contribution in [0.4, 0.5) is 16.2 Å². The van der Waals surface area contributed by atoms with Gasteiger partial charge in [0.25, 0.3) is 0 Å². The number of amides is 1. The smallest absolute Gasteiger partial charge is 0.412 e. The number of halogens is 1. The molecule has 2 N–H and O–H groups in total. The zero-order valence-electron chi connectivity index (χ0n) is 13.6. The maximum atomic E-state index is 12.0. The third-order valence-corrected chi connectivity index (χ3v) is 4.13. The molecule has 2 rings (SSSR count). The van der Waals surface area contributed by atoms with E-state index in [1.54, 1.807) is 0 Å². The number of nitrogens with one attached hydrogen (secondary N) is 2. The molecule has 1 aromatic heterocycles. The van der Waals surface area contributed by atoms with Gasteiger partial charge in [-0.05, 0) is 56.8 Å². The fourth-order valence-corrected chi connectivity index (χ4v) is 2.98. The summed E-state index contributed by atoms with van der Waals surface area (Å²) >= 11 is 7.49. The summed E-state index contributed by atoms with van der Waals surface area (Å²) in [5.41, 5.74) is 2.07. The first-order valence-electron chi connectivity index (χ1n) is 7.34. The Kier molecular flexibility index (Phi) is 5.55. The van der Waals surface area contributed by atoms with Crippen LogP contribution in [0, 0.1) is 0 Å². The fraction of sp³-hybridized carbons (Fsp3) is 0.353. The molecule has 23 heavy (non-hydrogen) atoms. The molecule has 0 fully saturated rings. The van der Waals surface area contributed by atoms with Gasteiger partial charge < -0.3 is 10.1 Å². The number of hydrogen-bond donors (Lipinski definition) is 2. The van der Waals surface area contributed by atoms with Gasteiger partial charge in [0, 0.05) is 6.04 Å². The van der Waals surface area contributed by atoms with Gasteiger partial charge in [0.2, 0.25) is 0 Å². The molecule has 124 valence electrons. The zero-order valence-corrected chi connectivity index (χ0v) is 15.2. The number of thiophene rings is 1. The lowest BCUT2D eigenvalue weighted by Gasteiger charge is -2.21. The molecule has 0 aliphatic rings. The second kappa shape index (κ2) is 7.23. The molecule has 0 saturated carbocycles. The first-order chi connectivity index (χ1) is 10.7. The predicted molar refractivity (Wildman–Crippen MR) is 97.7 cm³/mol. The summed E-state index contributed by atoms with van der Waals surface area (Å²) in [6.07, 6.45) is -0.474. The largest absolute Gasteiger partial charge is 0.444 e. The highest BCUT2D eigenvalue weighted by Crippen LogP contribution is 2.30. The van der Waals surface area contributed by atoms with Crippen LogP contribution in [-0.2, 0) is 4.74 Å². The van der Waals surface area contributed by atoms with E-state index in [2.05, 4.69) is 10.6 Å². The summed E-state index contributed by atoms with van der Waals surface area (Å²) in [5.74, 6) is 0. The molecule has 4 nitrogen and oxygen atoms in total. The van der Waals surface area contributed by atoms with E-state index in [1.165, 1.54) is 11.3 Å². The molecule has 0 bridgehead atoms. The van der Waals surface area contributed by atoms with Crippen LogP contribution in [0.1, 0.15) is 39.3 Å². The first-order valence-corrected chi connectivity index (χ1v) is 8.60. The van der Waals surface area contributed by atoms with Crippen LogP contribution in [0.2, 0.25) is 4.34 Å². The minimum Gasteiger partial charge on any atom is -0.444 e. The van der Waals surface area contributed by atoms with Gasteiger partial charge in [-0.25, -0.2) is 4.79 Å². The lowest BCUT2D eigenvalue weighted by Crippen LogP contribution is -2.27. The van der Waals surface area contributed by atoms with Crippen LogP contribution >= 0.6 is 22.9 Å². The lowest BCUT2D eigenvalue weighted by atomic mass is 10.1. The van der Waals surface area contributed by atoms with Crippen molar-refractivity contribution in [2.75, 3.05) is 10.6 Å². The normalized spacial score (nSPS) is 12.6. The van der Waals surface area contributed by atoms with Gasteiger partial charge in [-0.15, -0.1) is 11.3 Å². The standard InChI is InChI=1S/C17H21ClN2O2S/c1-11(12-9-15(18)23-10-12)19-13-7-5-6-8-14(13)20-16(21)22-17(2,3)4/h5-11,19H,1-4H3,(H,20,21). The van der Waals surface area contributed by atoms with E-state index in [9.17, 15) is 4.79 Å². The van der Waals surface area contributed by atoms with E-state index in [4.69, 9.17) is 16.3 Å². The van der Waals surface area contributed by atoms with Crippen LogP contribution in [-0.4, -0.2) is 11.7 Å². The summed E-state index contributed by atoms with van der Waals surface area (Å²) in [7, 11) is 0. The average Bonchev–Trinajstić information content (AvgIpc) is 2.85. The Balaban J connectivity index is 2.09. The van der Waals surface area contributed by atoms with Gasteiger partial charge in [0.05, 0.1) is 15.7 Å². The predicted octanol–water partition coefficient (Wildman–Crippen LogP) is 5.92. The maximum absolute atomic E-state index is 12.0. The molecule has 0 radical (unpaired) electrons. The molecule has 1 unspecified atom stereocenters. The molecule has 1 heterocycles. The highest BCUT2D eigenvalue weighted by Gasteiger charge is 2.17. The topological polar surface area (TPSA) is 50.4 Å². The molecule has 6 heteroatoms. The Labute approximate surface area is 145 Å². The van der Waals surface area contributed by atoms with Crippen LogP contribution in [0.15, 0.2) is 35.7 Å². The number of para-hydroxylation sites is 2. The number of benzene rings is 1. The SMILES string of the molecule is CC(Nc1ccccc1NC(=O)OC(C)(C)C)c1csc(Cl)c1. The molecule has 1 atom stereocenters. The highest BCUT2D eigenvalue weighted by atomic mass is 35.5. The fourth-order valence-electron chi connectivity index (χ4n) is 2.00. The molecule has 1 aromatic carbocycles. The Morgan fingerprint density at radius 3 is 2.48 bits per heavy atom. The molecule has 0 saturated heterocycles. The second-order valence-electron chi connectivity index (χ2n) is 6.22.